The average Bonchev–Trinajstić information content (AvgIpc) is 3.33. The van der Waals surface area contributed by atoms with Crippen LogP contribution in [0.1, 0.15) is 39.4 Å². The van der Waals surface area contributed by atoms with Crippen LogP contribution < -0.4 is 11.1 Å². The van der Waals surface area contributed by atoms with E-state index in [-0.39, 0.29) is 11.8 Å². The summed E-state index contributed by atoms with van der Waals surface area (Å²) in [6.45, 7) is 9.31. The Morgan fingerprint density at radius 3 is 2.79 bits per heavy atom. The van der Waals surface area contributed by atoms with Crippen LogP contribution in [-0.2, 0) is 18.4 Å². The fraction of sp³-hybridized carbons (Fsp3) is 0.286. The number of nitrogens with one attached hydrogen (secondary N) is 1. The maximum atomic E-state index is 12.0. The Kier molecular flexibility index (Phi) is 5.63. The molecule has 0 saturated carbocycles. The minimum Gasteiger partial charge on any atom is -0.380 e. The normalized spacial score (nSPS) is 16.0. The number of carbonyl (C=O) groups excluding carboxylic acids is 2. The van der Waals surface area contributed by atoms with E-state index in [2.05, 4.69) is 23.6 Å². The average molecular weight is 379 g/mol. The fourth-order valence-electron chi connectivity index (χ4n) is 3.70. The van der Waals surface area contributed by atoms with Crippen molar-refractivity contribution in [3.63, 3.8) is 0 Å². The number of aryl methyl sites for hydroxylation is 1. The van der Waals surface area contributed by atoms with Gasteiger partial charge < -0.3 is 16.0 Å². The number of hydrogen-bond donors (Lipinski definition) is 2. The van der Waals surface area contributed by atoms with E-state index in [1.54, 1.807) is 27.9 Å². The molecule has 1 saturated heterocycles. The van der Waals surface area contributed by atoms with Gasteiger partial charge in [-0.25, -0.2) is 0 Å². The zero-order valence-electron chi connectivity index (χ0n) is 16.0. The van der Waals surface area contributed by atoms with Crippen LogP contribution in [-0.4, -0.2) is 39.6 Å². The molecule has 1 fully saturated rings. The molecule has 2 aromatic rings. The molecule has 0 unspecified atom stereocenters. The summed E-state index contributed by atoms with van der Waals surface area (Å²) >= 11 is 0. The largest absolute Gasteiger partial charge is 0.380 e. The maximum absolute atomic E-state index is 12.0. The van der Waals surface area contributed by atoms with E-state index in [4.69, 9.17) is 5.73 Å². The smallest absolute Gasteiger partial charge is 0.250 e. The van der Waals surface area contributed by atoms with Gasteiger partial charge in [0.25, 0.3) is 5.91 Å². The second kappa shape index (κ2) is 8.12. The molecule has 28 heavy (non-hydrogen) atoms. The highest BCUT2D eigenvalue weighted by atomic mass is 16.2. The molecule has 1 aliphatic rings. The van der Waals surface area contributed by atoms with Crippen molar-refractivity contribution >= 4 is 23.6 Å². The minimum atomic E-state index is -0.502. The van der Waals surface area contributed by atoms with Gasteiger partial charge in [0.05, 0.1) is 17.4 Å². The molecule has 1 atom stereocenters. The Hall–Kier alpha value is -3.35. The van der Waals surface area contributed by atoms with Crippen molar-refractivity contribution in [3.8, 4) is 0 Å². The minimum absolute atomic E-state index is 0.0636. The number of primary amides is 1. The third-order valence-electron chi connectivity index (χ3n) is 5.09. The lowest BCUT2D eigenvalue weighted by Crippen LogP contribution is -2.26. The number of amides is 2. The molecular formula is C21H25N5O2. The number of nitrogens with zero attached hydrogens (tertiary/aromatic N) is 3. The van der Waals surface area contributed by atoms with E-state index in [1.165, 1.54) is 6.08 Å². The third kappa shape index (κ3) is 3.83. The summed E-state index contributed by atoms with van der Waals surface area (Å²) in [5.74, 6) is -0.401. The number of rotatable bonds is 7. The highest BCUT2D eigenvalue weighted by Gasteiger charge is 2.28. The molecule has 0 bridgehead atoms. The van der Waals surface area contributed by atoms with Gasteiger partial charge in [-0.05, 0) is 24.1 Å². The summed E-state index contributed by atoms with van der Waals surface area (Å²) in [5, 5.41) is 7.49. The van der Waals surface area contributed by atoms with E-state index < -0.39 is 5.91 Å². The quantitative estimate of drug-likeness (QED) is 0.722. The van der Waals surface area contributed by atoms with Gasteiger partial charge in [-0.3, -0.25) is 14.3 Å². The van der Waals surface area contributed by atoms with Gasteiger partial charge >= 0.3 is 0 Å². The molecular weight excluding hydrogens is 354 g/mol. The van der Waals surface area contributed by atoms with Crippen LogP contribution in [0.25, 0.3) is 6.08 Å². The van der Waals surface area contributed by atoms with E-state index in [0.29, 0.717) is 30.9 Å². The molecule has 1 aliphatic heterocycles. The number of benzene rings is 1. The van der Waals surface area contributed by atoms with Crippen LogP contribution in [0.2, 0.25) is 0 Å². The summed E-state index contributed by atoms with van der Waals surface area (Å²) < 4.78 is 1.72. The van der Waals surface area contributed by atoms with E-state index >= 15 is 0 Å². The van der Waals surface area contributed by atoms with E-state index in [0.717, 1.165) is 23.1 Å². The number of anilines is 1. The van der Waals surface area contributed by atoms with Crippen LogP contribution in [0.3, 0.4) is 0 Å². The number of carbonyl (C=O) groups is 2. The number of likely N-dealkylation sites (tertiary alicyclic amines) is 1. The molecule has 2 heterocycles. The molecule has 7 heteroatoms. The van der Waals surface area contributed by atoms with Crippen molar-refractivity contribution in [2.75, 3.05) is 18.4 Å². The van der Waals surface area contributed by atoms with Crippen LogP contribution in [0, 0.1) is 0 Å². The Morgan fingerprint density at radius 2 is 2.18 bits per heavy atom. The van der Waals surface area contributed by atoms with Crippen molar-refractivity contribution in [2.24, 2.45) is 12.8 Å². The Labute approximate surface area is 164 Å². The molecule has 0 spiro atoms. The van der Waals surface area contributed by atoms with Crippen molar-refractivity contribution in [2.45, 2.75) is 18.9 Å². The fourth-order valence-corrected chi connectivity index (χ4v) is 3.70. The summed E-state index contributed by atoms with van der Waals surface area (Å²) in [7, 11) is 1.85. The van der Waals surface area contributed by atoms with Gasteiger partial charge in [-0.2, -0.15) is 5.10 Å². The summed E-state index contributed by atoms with van der Waals surface area (Å²) in [6.07, 6.45) is 7.60. The molecule has 3 rings (SSSR count). The van der Waals surface area contributed by atoms with Gasteiger partial charge in [0.2, 0.25) is 5.91 Å². The summed E-state index contributed by atoms with van der Waals surface area (Å²) in [5.41, 5.74) is 9.56. The lowest BCUT2D eigenvalue weighted by Gasteiger charge is -2.20. The predicted octanol–water partition coefficient (Wildman–Crippen LogP) is 2.28. The molecule has 3 N–H and O–H groups in total. The van der Waals surface area contributed by atoms with Gasteiger partial charge in [-0.15, -0.1) is 0 Å². The molecule has 1 aromatic heterocycles. The maximum Gasteiger partial charge on any atom is 0.250 e. The SMILES string of the molecule is C=CC(=O)N1CC[C@@H](c2ccc(C(N)=O)c(NCc3cnn(C)c3)c2C=C)C1. The highest BCUT2D eigenvalue weighted by Crippen LogP contribution is 2.35. The van der Waals surface area contributed by atoms with Crippen molar-refractivity contribution in [1.82, 2.24) is 14.7 Å². The van der Waals surface area contributed by atoms with Crippen LogP contribution in [0.4, 0.5) is 5.69 Å². The van der Waals surface area contributed by atoms with Gasteiger partial charge in [0.15, 0.2) is 0 Å². The monoisotopic (exact) mass is 379 g/mol. The van der Waals surface area contributed by atoms with E-state index in [1.807, 2.05) is 19.3 Å². The molecule has 0 radical (unpaired) electrons. The third-order valence-corrected chi connectivity index (χ3v) is 5.09. The van der Waals surface area contributed by atoms with Gasteiger partial charge in [0, 0.05) is 49.9 Å². The number of hydrogen-bond acceptors (Lipinski definition) is 4. The Balaban J connectivity index is 1.93. The molecule has 2 amide bonds. The Bertz CT molecular complexity index is 931. The number of aromatic nitrogens is 2. The van der Waals surface area contributed by atoms with Crippen molar-refractivity contribution in [3.05, 3.63) is 66.0 Å². The number of nitrogens with two attached hydrogens (primary N) is 1. The van der Waals surface area contributed by atoms with Crippen LogP contribution in [0.15, 0.2) is 43.8 Å². The van der Waals surface area contributed by atoms with Crippen molar-refractivity contribution in [1.29, 1.82) is 0 Å². The molecule has 1 aromatic carbocycles. The second-order valence-corrected chi connectivity index (χ2v) is 6.91. The van der Waals surface area contributed by atoms with Crippen LogP contribution in [0.5, 0.6) is 0 Å². The highest BCUT2D eigenvalue weighted by molar-refractivity contribution is 6.00. The lowest BCUT2D eigenvalue weighted by atomic mass is 9.90. The van der Waals surface area contributed by atoms with Crippen molar-refractivity contribution < 1.29 is 9.59 Å². The zero-order valence-corrected chi connectivity index (χ0v) is 16.0. The first-order valence-electron chi connectivity index (χ1n) is 9.16. The van der Waals surface area contributed by atoms with E-state index in [9.17, 15) is 9.59 Å². The first-order valence-corrected chi connectivity index (χ1v) is 9.16. The van der Waals surface area contributed by atoms with Gasteiger partial charge in [-0.1, -0.05) is 25.3 Å². The second-order valence-electron chi connectivity index (χ2n) is 6.91. The summed E-state index contributed by atoms with van der Waals surface area (Å²) in [4.78, 5) is 25.7. The predicted molar refractivity (Wildman–Crippen MR) is 110 cm³/mol. The van der Waals surface area contributed by atoms with Gasteiger partial charge in [0.1, 0.15) is 0 Å². The zero-order chi connectivity index (χ0) is 20.3. The topological polar surface area (TPSA) is 93.2 Å². The summed E-state index contributed by atoms with van der Waals surface area (Å²) in [6, 6.07) is 3.66. The molecule has 146 valence electrons. The first-order chi connectivity index (χ1) is 13.4. The molecule has 0 aliphatic carbocycles. The first kappa shape index (κ1) is 19.4. The molecule has 7 nitrogen and oxygen atoms in total. The van der Waals surface area contributed by atoms with Crippen LogP contribution >= 0.6 is 0 Å². The Morgan fingerprint density at radius 1 is 1.39 bits per heavy atom. The standard InChI is InChI=1S/C21H25N5O2/c1-4-16-17(15-8-9-26(13-15)19(27)5-2)6-7-18(21(22)28)20(16)23-10-14-11-24-25(3)12-14/h4-7,11-12,15,23H,1-2,8-10,13H2,3H3,(H2,22,28)/t15-/m1/s1. The lowest BCUT2D eigenvalue weighted by molar-refractivity contribution is -0.125.